The first-order valence-electron chi connectivity index (χ1n) is 1.63. The van der Waals surface area contributed by atoms with Crippen molar-refractivity contribution in [2.75, 3.05) is 6.61 Å². The first-order chi connectivity index (χ1) is 2.91. The Hall–Kier alpha value is -0.560. The maximum Gasteiger partial charge on any atom is 0.0609 e. The Morgan fingerprint density at radius 2 is 1.67 bits per heavy atom. The Kier molecular flexibility index (Phi) is 38.3. The summed E-state index contributed by atoms with van der Waals surface area (Å²) >= 11 is 0. The highest BCUT2D eigenvalue weighted by Crippen LogP contribution is 1.46. The summed E-state index contributed by atoms with van der Waals surface area (Å²) in [5.74, 6) is 0. The minimum Gasteiger partial charge on any atom is -0.392 e. The summed E-state index contributed by atoms with van der Waals surface area (Å²) in [7, 11) is 0. The first kappa shape index (κ1) is 9.06. The molecule has 0 aliphatic rings. The van der Waals surface area contributed by atoms with E-state index >= 15 is 0 Å². The van der Waals surface area contributed by atoms with Gasteiger partial charge in [-0.2, -0.15) is 0 Å². The van der Waals surface area contributed by atoms with Crippen molar-refractivity contribution in [3.05, 3.63) is 25.8 Å². The van der Waals surface area contributed by atoms with Crippen molar-refractivity contribution < 1.29 is 5.11 Å². The molecular formula is C5H10O. The normalized spacial score (nSPS) is 4.83. The van der Waals surface area contributed by atoms with Gasteiger partial charge in [-0.15, -0.1) is 19.7 Å². The highest BCUT2D eigenvalue weighted by Gasteiger charge is 1.45. The van der Waals surface area contributed by atoms with Gasteiger partial charge in [-0.05, 0) is 0 Å². The van der Waals surface area contributed by atoms with E-state index in [1.54, 1.807) is 0 Å². The summed E-state index contributed by atoms with van der Waals surface area (Å²) in [4.78, 5) is 0. The number of hydrogen-bond donors (Lipinski definition) is 1. The Labute approximate surface area is 38.6 Å². The van der Waals surface area contributed by atoms with E-state index in [2.05, 4.69) is 19.7 Å². The van der Waals surface area contributed by atoms with Crippen LogP contribution in [0.4, 0.5) is 0 Å². The zero-order valence-electron chi connectivity index (χ0n) is 3.85. The topological polar surface area (TPSA) is 20.2 Å². The Morgan fingerprint density at radius 3 is 1.67 bits per heavy atom. The molecule has 0 atom stereocenters. The van der Waals surface area contributed by atoms with Gasteiger partial charge in [0.1, 0.15) is 0 Å². The van der Waals surface area contributed by atoms with Crippen molar-refractivity contribution in [1.82, 2.24) is 0 Å². The zero-order valence-corrected chi connectivity index (χ0v) is 3.85. The lowest BCUT2D eigenvalue weighted by Crippen LogP contribution is -1.62. The number of hydrogen-bond acceptors (Lipinski definition) is 1. The molecule has 36 valence electrons. The molecular weight excluding hydrogens is 76.1 g/mol. The molecule has 0 radical (unpaired) electrons. The van der Waals surface area contributed by atoms with E-state index in [0.717, 1.165) is 0 Å². The lowest BCUT2D eigenvalue weighted by Gasteiger charge is -1.60. The highest BCUT2D eigenvalue weighted by molar-refractivity contribution is 4.60. The van der Waals surface area contributed by atoms with Crippen LogP contribution < -0.4 is 0 Å². The molecule has 0 fully saturated rings. The summed E-state index contributed by atoms with van der Waals surface area (Å²) in [5.41, 5.74) is 0. The summed E-state index contributed by atoms with van der Waals surface area (Å²) in [6.45, 7) is 9.31. The molecule has 0 heterocycles. The van der Waals surface area contributed by atoms with Crippen LogP contribution in [0.1, 0.15) is 0 Å². The predicted octanol–water partition coefficient (Wildman–Crippen LogP) is 0.967. The molecule has 0 aliphatic heterocycles. The smallest absolute Gasteiger partial charge is 0.0609 e. The first-order valence-corrected chi connectivity index (χ1v) is 1.63. The maximum atomic E-state index is 7.76. The van der Waals surface area contributed by atoms with E-state index < -0.39 is 0 Å². The molecule has 0 rings (SSSR count). The maximum absolute atomic E-state index is 7.76. The van der Waals surface area contributed by atoms with E-state index in [0.29, 0.717) is 0 Å². The van der Waals surface area contributed by atoms with Crippen LogP contribution in [0.5, 0.6) is 0 Å². The van der Waals surface area contributed by atoms with Gasteiger partial charge in [0.15, 0.2) is 0 Å². The summed E-state index contributed by atoms with van der Waals surface area (Å²) < 4.78 is 0. The van der Waals surface area contributed by atoms with Crippen LogP contribution >= 0.6 is 0 Å². The average Bonchev–Trinajstić information content (AvgIpc) is 1.72. The van der Waals surface area contributed by atoms with Crippen molar-refractivity contribution in [3.8, 4) is 0 Å². The lowest BCUT2D eigenvalue weighted by molar-refractivity contribution is 0.343. The fraction of sp³-hybridized carbons (Fsp3) is 0.200. The van der Waals surface area contributed by atoms with Crippen molar-refractivity contribution in [3.63, 3.8) is 0 Å². The van der Waals surface area contributed by atoms with Crippen LogP contribution in [0.15, 0.2) is 25.8 Å². The minimum absolute atomic E-state index is 0.0833. The molecule has 0 bridgehead atoms. The molecule has 1 nitrogen and oxygen atoms in total. The monoisotopic (exact) mass is 86.1 g/mol. The third-order valence-electron chi connectivity index (χ3n) is 0.129. The van der Waals surface area contributed by atoms with E-state index in [1.165, 1.54) is 6.08 Å². The molecule has 0 unspecified atom stereocenters. The van der Waals surface area contributed by atoms with Gasteiger partial charge in [-0.1, -0.05) is 6.08 Å². The van der Waals surface area contributed by atoms with Crippen LogP contribution in [0.3, 0.4) is 0 Å². The quantitative estimate of drug-likeness (QED) is 0.471. The Morgan fingerprint density at radius 1 is 1.50 bits per heavy atom. The highest BCUT2D eigenvalue weighted by atomic mass is 16.2. The van der Waals surface area contributed by atoms with Crippen LogP contribution in [-0.2, 0) is 0 Å². The standard InChI is InChI=1S/C3H6O.C2H4/c1-2-3-4;1-2/h2,4H,1,3H2;1-2H2. The molecule has 0 aromatic heterocycles. The number of aliphatic hydroxyl groups is 1. The van der Waals surface area contributed by atoms with E-state index in [9.17, 15) is 0 Å². The van der Waals surface area contributed by atoms with E-state index in [1.807, 2.05) is 0 Å². The molecule has 1 N–H and O–H groups in total. The predicted molar refractivity (Wildman–Crippen MR) is 28.5 cm³/mol. The molecule has 0 aromatic rings. The molecule has 0 saturated carbocycles. The summed E-state index contributed by atoms with van der Waals surface area (Å²) in [6, 6.07) is 0. The fourth-order valence-corrected chi connectivity index (χ4v) is 0. The SMILES string of the molecule is C=C.C=CCO. The van der Waals surface area contributed by atoms with Crippen molar-refractivity contribution in [2.24, 2.45) is 0 Å². The van der Waals surface area contributed by atoms with E-state index in [4.69, 9.17) is 5.11 Å². The number of rotatable bonds is 1. The fourth-order valence-electron chi connectivity index (χ4n) is 0. The van der Waals surface area contributed by atoms with Gasteiger partial charge in [-0.25, -0.2) is 0 Å². The molecule has 0 amide bonds. The summed E-state index contributed by atoms with van der Waals surface area (Å²) in [6.07, 6.45) is 1.43. The van der Waals surface area contributed by atoms with Crippen LogP contribution in [-0.4, -0.2) is 11.7 Å². The second-order valence-corrected chi connectivity index (χ2v) is 0.471. The van der Waals surface area contributed by atoms with Crippen molar-refractivity contribution >= 4 is 0 Å². The van der Waals surface area contributed by atoms with Gasteiger partial charge in [-0.3, -0.25) is 0 Å². The molecule has 0 spiro atoms. The van der Waals surface area contributed by atoms with Gasteiger partial charge < -0.3 is 5.11 Å². The molecule has 0 saturated heterocycles. The largest absolute Gasteiger partial charge is 0.392 e. The van der Waals surface area contributed by atoms with Crippen molar-refractivity contribution in [1.29, 1.82) is 0 Å². The second-order valence-electron chi connectivity index (χ2n) is 0.471. The minimum atomic E-state index is 0.0833. The molecule has 1 heteroatoms. The van der Waals surface area contributed by atoms with Gasteiger partial charge in [0, 0.05) is 0 Å². The van der Waals surface area contributed by atoms with Crippen LogP contribution in [0, 0.1) is 0 Å². The molecule has 0 aliphatic carbocycles. The molecule has 6 heavy (non-hydrogen) atoms. The van der Waals surface area contributed by atoms with Crippen LogP contribution in [0.25, 0.3) is 0 Å². The van der Waals surface area contributed by atoms with Gasteiger partial charge in [0.05, 0.1) is 6.61 Å². The van der Waals surface area contributed by atoms with E-state index in [-0.39, 0.29) is 6.61 Å². The third-order valence-corrected chi connectivity index (χ3v) is 0.129. The van der Waals surface area contributed by atoms with Gasteiger partial charge in [0.2, 0.25) is 0 Å². The lowest BCUT2D eigenvalue weighted by atomic mass is 10.7. The second kappa shape index (κ2) is 25.3. The summed E-state index contributed by atoms with van der Waals surface area (Å²) in [5, 5.41) is 7.76. The Balaban J connectivity index is 0. The van der Waals surface area contributed by atoms with Crippen LogP contribution in [0.2, 0.25) is 0 Å². The third kappa shape index (κ3) is 106. The van der Waals surface area contributed by atoms with Gasteiger partial charge in [0.25, 0.3) is 0 Å². The van der Waals surface area contributed by atoms with Gasteiger partial charge >= 0.3 is 0 Å². The van der Waals surface area contributed by atoms with Crippen molar-refractivity contribution in [2.45, 2.75) is 0 Å². The zero-order chi connectivity index (χ0) is 5.41. The average molecular weight is 86.1 g/mol. The Bertz CT molecular complexity index is 25.1. The number of aliphatic hydroxyl groups excluding tert-OH is 1. The molecule has 0 aromatic carbocycles.